The van der Waals surface area contributed by atoms with Crippen LogP contribution in [-0.2, 0) is 0 Å². The highest BCUT2D eigenvalue weighted by atomic mass is 16.3. The summed E-state index contributed by atoms with van der Waals surface area (Å²) in [6.07, 6.45) is 1.41. The van der Waals surface area contributed by atoms with Crippen LogP contribution in [-0.4, -0.2) is 25.0 Å². The van der Waals surface area contributed by atoms with Gasteiger partial charge in [-0.25, -0.2) is 4.79 Å². The first kappa shape index (κ1) is 15.1. The van der Waals surface area contributed by atoms with Crippen LogP contribution >= 0.6 is 0 Å². The van der Waals surface area contributed by atoms with Gasteiger partial charge in [-0.3, -0.25) is 4.79 Å². The van der Waals surface area contributed by atoms with Gasteiger partial charge in [0.05, 0.1) is 17.9 Å². The van der Waals surface area contributed by atoms with Crippen LogP contribution in [0.4, 0.5) is 10.5 Å². The van der Waals surface area contributed by atoms with Crippen molar-refractivity contribution in [1.29, 1.82) is 5.26 Å². The summed E-state index contributed by atoms with van der Waals surface area (Å²) in [5.41, 5.74) is 1.10. The number of hydrogen-bond acceptors (Lipinski definition) is 4. The molecule has 7 nitrogen and oxygen atoms in total. The molecule has 1 aromatic heterocycles. The van der Waals surface area contributed by atoms with Crippen molar-refractivity contribution in [3.05, 3.63) is 54.0 Å². The maximum Gasteiger partial charge on any atom is 0.319 e. The summed E-state index contributed by atoms with van der Waals surface area (Å²) in [7, 11) is 0. The summed E-state index contributed by atoms with van der Waals surface area (Å²) in [4.78, 5) is 23.2. The van der Waals surface area contributed by atoms with Crippen molar-refractivity contribution in [3.8, 4) is 6.07 Å². The molecule has 1 aromatic carbocycles. The van der Waals surface area contributed by atoms with Gasteiger partial charge in [0, 0.05) is 18.8 Å². The number of anilines is 1. The summed E-state index contributed by atoms with van der Waals surface area (Å²) in [5.74, 6) is -0.110. The molecule has 3 amide bonds. The number of amides is 3. The van der Waals surface area contributed by atoms with Gasteiger partial charge in [0.15, 0.2) is 5.76 Å². The summed E-state index contributed by atoms with van der Waals surface area (Å²) in [6.45, 7) is 0.550. The fraction of sp³-hybridized carbons (Fsp3) is 0.133. The van der Waals surface area contributed by atoms with E-state index >= 15 is 0 Å². The number of hydrogen-bond donors (Lipinski definition) is 3. The first-order valence-corrected chi connectivity index (χ1v) is 6.56. The molecule has 0 saturated carbocycles. The quantitative estimate of drug-likeness (QED) is 0.730. The van der Waals surface area contributed by atoms with Gasteiger partial charge in [-0.1, -0.05) is 0 Å². The average Bonchev–Trinajstić information content (AvgIpc) is 3.06. The molecule has 7 heteroatoms. The molecule has 1 heterocycles. The lowest BCUT2D eigenvalue weighted by Crippen LogP contribution is -2.36. The van der Waals surface area contributed by atoms with Crippen LogP contribution in [0.3, 0.4) is 0 Å². The minimum atomic E-state index is -0.392. The highest BCUT2D eigenvalue weighted by Gasteiger charge is 2.07. The topological polar surface area (TPSA) is 107 Å². The summed E-state index contributed by atoms with van der Waals surface area (Å²) >= 11 is 0. The maximum absolute atomic E-state index is 11.6. The van der Waals surface area contributed by atoms with Crippen LogP contribution < -0.4 is 16.0 Å². The Hall–Kier alpha value is -3.27. The number of carbonyl (C=O) groups is 2. The molecule has 2 aromatic rings. The second-order valence-corrected chi connectivity index (χ2v) is 4.30. The van der Waals surface area contributed by atoms with Crippen LogP contribution in [0.1, 0.15) is 16.1 Å². The Labute approximate surface area is 126 Å². The molecule has 0 aliphatic heterocycles. The Balaban J connectivity index is 1.67. The van der Waals surface area contributed by atoms with E-state index in [2.05, 4.69) is 16.0 Å². The zero-order valence-electron chi connectivity index (χ0n) is 11.6. The van der Waals surface area contributed by atoms with Gasteiger partial charge in [-0.2, -0.15) is 5.26 Å². The molecule has 0 fully saturated rings. The molecule has 0 unspecified atom stereocenters. The average molecular weight is 298 g/mol. The van der Waals surface area contributed by atoms with Crippen molar-refractivity contribution in [3.63, 3.8) is 0 Å². The van der Waals surface area contributed by atoms with Crippen molar-refractivity contribution in [2.45, 2.75) is 0 Å². The molecule has 0 aliphatic rings. The minimum absolute atomic E-state index is 0.224. The lowest BCUT2D eigenvalue weighted by Gasteiger charge is -2.08. The van der Waals surface area contributed by atoms with Crippen molar-refractivity contribution < 1.29 is 14.0 Å². The molecule has 0 saturated heterocycles. The van der Waals surface area contributed by atoms with Crippen LogP contribution in [0.2, 0.25) is 0 Å². The van der Waals surface area contributed by atoms with Gasteiger partial charge in [-0.15, -0.1) is 0 Å². The lowest BCUT2D eigenvalue weighted by atomic mass is 10.2. The minimum Gasteiger partial charge on any atom is -0.459 e. The van der Waals surface area contributed by atoms with Crippen LogP contribution in [0.15, 0.2) is 47.1 Å². The van der Waals surface area contributed by atoms with Gasteiger partial charge < -0.3 is 20.4 Å². The van der Waals surface area contributed by atoms with E-state index in [1.54, 1.807) is 36.4 Å². The standard InChI is InChI=1S/C15H14N4O3/c16-10-11-3-5-12(6-4-11)19-15(21)18-8-7-17-14(20)13-2-1-9-22-13/h1-6,9H,7-8H2,(H,17,20)(H2,18,19,21). The SMILES string of the molecule is N#Cc1ccc(NC(=O)NCCNC(=O)c2ccco2)cc1. The van der Waals surface area contributed by atoms with E-state index in [1.807, 2.05) is 6.07 Å². The number of carbonyl (C=O) groups excluding carboxylic acids is 2. The maximum atomic E-state index is 11.6. The van der Waals surface area contributed by atoms with Gasteiger partial charge in [0.1, 0.15) is 0 Å². The van der Waals surface area contributed by atoms with Crippen LogP contribution in [0.25, 0.3) is 0 Å². The summed E-state index contributed by atoms with van der Waals surface area (Å²) in [6, 6.07) is 11.3. The second kappa shape index (κ2) is 7.50. The van der Waals surface area contributed by atoms with E-state index in [1.165, 1.54) is 6.26 Å². The fourth-order valence-corrected chi connectivity index (χ4v) is 1.65. The van der Waals surface area contributed by atoms with Crippen molar-refractivity contribution >= 4 is 17.6 Å². The number of nitrogens with zero attached hydrogens (tertiary/aromatic N) is 1. The monoisotopic (exact) mass is 298 g/mol. The van der Waals surface area contributed by atoms with Crippen molar-refractivity contribution in [1.82, 2.24) is 10.6 Å². The van der Waals surface area contributed by atoms with E-state index < -0.39 is 6.03 Å². The molecular weight excluding hydrogens is 284 g/mol. The molecule has 0 aliphatic carbocycles. The zero-order chi connectivity index (χ0) is 15.8. The fourth-order valence-electron chi connectivity index (χ4n) is 1.65. The van der Waals surface area contributed by atoms with E-state index in [9.17, 15) is 9.59 Å². The largest absolute Gasteiger partial charge is 0.459 e. The van der Waals surface area contributed by atoms with Crippen LogP contribution in [0.5, 0.6) is 0 Å². The Morgan fingerprint density at radius 1 is 1.09 bits per heavy atom. The molecule has 22 heavy (non-hydrogen) atoms. The molecule has 2 rings (SSSR count). The highest BCUT2D eigenvalue weighted by molar-refractivity contribution is 5.91. The number of urea groups is 1. The van der Waals surface area contributed by atoms with Gasteiger partial charge in [-0.05, 0) is 36.4 Å². The van der Waals surface area contributed by atoms with Crippen molar-refractivity contribution in [2.75, 3.05) is 18.4 Å². The molecule has 0 atom stereocenters. The lowest BCUT2D eigenvalue weighted by molar-refractivity contribution is 0.0926. The number of benzene rings is 1. The first-order chi connectivity index (χ1) is 10.7. The first-order valence-electron chi connectivity index (χ1n) is 6.56. The van der Waals surface area contributed by atoms with E-state index in [0.29, 0.717) is 11.3 Å². The zero-order valence-corrected chi connectivity index (χ0v) is 11.6. The smallest absolute Gasteiger partial charge is 0.319 e. The Morgan fingerprint density at radius 2 is 1.82 bits per heavy atom. The predicted molar refractivity (Wildman–Crippen MR) is 79.2 cm³/mol. The Morgan fingerprint density at radius 3 is 2.45 bits per heavy atom. The van der Waals surface area contributed by atoms with Gasteiger partial charge in [0.2, 0.25) is 0 Å². The molecule has 3 N–H and O–H groups in total. The number of rotatable bonds is 5. The molecule has 0 spiro atoms. The molecule has 0 radical (unpaired) electrons. The van der Waals surface area contributed by atoms with E-state index in [0.717, 1.165) is 0 Å². The summed E-state index contributed by atoms with van der Waals surface area (Å²) < 4.78 is 4.94. The molecular formula is C15H14N4O3. The number of furan rings is 1. The Bertz CT molecular complexity index is 672. The van der Waals surface area contributed by atoms with Crippen LogP contribution in [0, 0.1) is 11.3 Å². The Kier molecular flexibility index (Phi) is 5.15. The number of nitrogens with one attached hydrogen (secondary N) is 3. The van der Waals surface area contributed by atoms with Crippen molar-refractivity contribution in [2.24, 2.45) is 0 Å². The highest BCUT2D eigenvalue weighted by Crippen LogP contribution is 2.08. The van der Waals surface area contributed by atoms with Gasteiger partial charge in [0.25, 0.3) is 5.91 Å². The normalized spacial score (nSPS) is 9.59. The summed E-state index contributed by atoms with van der Waals surface area (Å²) in [5, 5.41) is 16.5. The molecule has 112 valence electrons. The third-order valence-corrected chi connectivity index (χ3v) is 2.71. The number of nitriles is 1. The molecule has 0 bridgehead atoms. The van der Waals surface area contributed by atoms with E-state index in [4.69, 9.17) is 9.68 Å². The second-order valence-electron chi connectivity index (χ2n) is 4.30. The van der Waals surface area contributed by atoms with Gasteiger partial charge >= 0.3 is 6.03 Å². The predicted octanol–water partition coefficient (Wildman–Crippen LogP) is 1.70. The third-order valence-electron chi connectivity index (χ3n) is 2.71. The van der Waals surface area contributed by atoms with E-state index in [-0.39, 0.29) is 24.8 Å². The third kappa shape index (κ3) is 4.38.